The topological polar surface area (TPSA) is 51.5 Å². The molecule has 1 amide bonds. The molecule has 0 saturated heterocycles. The molecule has 4 heteroatoms. The van der Waals surface area contributed by atoms with Gasteiger partial charge in [-0.2, -0.15) is 0 Å². The Hall–Kier alpha value is -3.53. The van der Waals surface area contributed by atoms with Crippen LogP contribution in [0.25, 0.3) is 38.4 Å². The van der Waals surface area contributed by atoms with Gasteiger partial charge in [-0.3, -0.25) is 4.79 Å². The smallest absolute Gasteiger partial charge is 0.244 e. The van der Waals surface area contributed by atoms with Crippen molar-refractivity contribution < 1.29 is 13.9 Å². The van der Waals surface area contributed by atoms with Crippen molar-refractivity contribution in [1.29, 1.82) is 0 Å². The monoisotopic (exact) mass is 467 g/mol. The summed E-state index contributed by atoms with van der Waals surface area (Å²) in [5.74, 6) is 1.22. The molecule has 1 aliphatic carbocycles. The normalized spacial score (nSPS) is 18.7. The number of hydrogen-bond donors (Lipinski definition) is 1. The largest absolute Gasteiger partial charge is 0.496 e. The molecule has 1 saturated carbocycles. The first-order valence-corrected chi connectivity index (χ1v) is 12.5. The predicted molar refractivity (Wildman–Crippen MR) is 144 cm³/mol. The zero-order valence-corrected chi connectivity index (χ0v) is 21.0. The highest BCUT2D eigenvalue weighted by Gasteiger charge is 2.23. The van der Waals surface area contributed by atoms with Crippen LogP contribution in [0, 0.1) is 12.8 Å². The predicted octanol–water partition coefficient (Wildman–Crippen LogP) is 7.67. The first-order valence-electron chi connectivity index (χ1n) is 12.5. The number of benzene rings is 3. The second-order valence-electron chi connectivity index (χ2n) is 9.84. The number of rotatable bonds is 5. The van der Waals surface area contributed by atoms with Gasteiger partial charge in [0.15, 0.2) is 0 Å². The van der Waals surface area contributed by atoms with Crippen LogP contribution in [0.3, 0.4) is 0 Å². The average Bonchev–Trinajstić information content (AvgIpc) is 3.29. The maximum atomic E-state index is 12.9. The van der Waals surface area contributed by atoms with E-state index < -0.39 is 0 Å². The third-order valence-electron chi connectivity index (χ3n) is 7.54. The van der Waals surface area contributed by atoms with E-state index >= 15 is 0 Å². The van der Waals surface area contributed by atoms with Crippen molar-refractivity contribution in [3.05, 3.63) is 72.0 Å². The van der Waals surface area contributed by atoms with Crippen molar-refractivity contribution >= 4 is 33.2 Å². The SMILES string of the molecule is COc1c(/C(C)=C/C(=O)NC2CCCCC2C)cc2c(-c3cccc4ccccc34)coc2c1C. The van der Waals surface area contributed by atoms with E-state index in [1.165, 1.54) is 30.0 Å². The highest BCUT2D eigenvalue weighted by atomic mass is 16.5. The van der Waals surface area contributed by atoms with E-state index in [-0.39, 0.29) is 11.9 Å². The quantitative estimate of drug-likeness (QED) is 0.306. The molecule has 0 aliphatic heterocycles. The summed E-state index contributed by atoms with van der Waals surface area (Å²) in [6.45, 7) is 6.22. The van der Waals surface area contributed by atoms with Gasteiger partial charge in [-0.15, -0.1) is 0 Å². The Bertz CT molecular complexity index is 1420. The van der Waals surface area contributed by atoms with Gasteiger partial charge in [0.25, 0.3) is 0 Å². The minimum Gasteiger partial charge on any atom is -0.496 e. The Kier molecular flexibility index (Phi) is 6.38. The molecule has 1 aliphatic rings. The average molecular weight is 468 g/mol. The van der Waals surface area contributed by atoms with E-state index in [4.69, 9.17) is 9.15 Å². The zero-order valence-electron chi connectivity index (χ0n) is 21.0. The molecule has 0 spiro atoms. The van der Waals surface area contributed by atoms with Crippen LogP contribution in [0.5, 0.6) is 5.75 Å². The molecule has 1 N–H and O–H groups in total. The van der Waals surface area contributed by atoms with Crippen molar-refractivity contribution in [3.63, 3.8) is 0 Å². The number of nitrogens with one attached hydrogen (secondary N) is 1. The summed E-state index contributed by atoms with van der Waals surface area (Å²) in [5, 5.41) is 6.62. The highest BCUT2D eigenvalue weighted by molar-refractivity contribution is 6.07. The summed E-state index contributed by atoms with van der Waals surface area (Å²) in [5.41, 5.74) is 5.69. The molecule has 1 aromatic heterocycles. The van der Waals surface area contributed by atoms with Crippen LogP contribution < -0.4 is 10.1 Å². The Labute approximate surface area is 207 Å². The second-order valence-corrected chi connectivity index (χ2v) is 9.84. The van der Waals surface area contributed by atoms with Crippen molar-refractivity contribution in [2.75, 3.05) is 7.11 Å². The number of aryl methyl sites for hydroxylation is 1. The summed E-state index contributed by atoms with van der Waals surface area (Å²) in [4.78, 5) is 12.9. The minimum absolute atomic E-state index is 0.0393. The summed E-state index contributed by atoms with van der Waals surface area (Å²) in [7, 11) is 1.67. The number of ether oxygens (including phenoxy) is 1. The molecule has 2 unspecified atom stereocenters. The van der Waals surface area contributed by atoms with E-state index in [1.54, 1.807) is 13.2 Å². The Morgan fingerprint density at radius 1 is 1.06 bits per heavy atom. The van der Waals surface area contributed by atoms with E-state index in [1.807, 2.05) is 20.1 Å². The summed E-state index contributed by atoms with van der Waals surface area (Å²) in [6, 6.07) is 17.1. The van der Waals surface area contributed by atoms with Gasteiger partial charge >= 0.3 is 0 Å². The first kappa shape index (κ1) is 23.2. The first-order chi connectivity index (χ1) is 17.0. The maximum Gasteiger partial charge on any atom is 0.244 e. The molecule has 3 aromatic carbocycles. The fourth-order valence-corrected chi connectivity index (χ4v) is 5.57. The van der Waals surface area contributed by atoms with Gasteiger partial charge in [0.2, 0.25) is 5.91 Å². The minimum atomic E-state index is -0.0393. The van der Waals surface area contributed by atoms with Crippen LogP contribution in [0.4, 0.5) is 0 Å². The second kappa shape index (κ2) is 9.61. The van der Waals surface area contributed by atoms with Crippen molar-refractivity contribution in [2.24, 2.45) is 5.92 Å². The molecule has 35 heavy (non-hydrogen) atoms. The van der Waals surface area contributed by atoms with E-state index in [0.717, 1.165) is 51.0 Å². The standard InChI is InChI=1S/C31H33NO3/c1-19-10-5-8-15-28(19)32-29(33)16-20(2)25-17-26-27(18-35-31(26)21(3)30(25)34-4)24-14-9-12-22-11-6-7-13-23(22)24/h6-7,9,11-14,16-19,28H,5,8,10,15H2,1-4H3,(H,32,33)/b20-16+. The molecular weight excluding hydrogens is 434 g/mol. The number of carbonyl (C=O) groups excluding carboxylic acids is 1. The third-order valence-corrected chi connectivity index (χ3v) is 7.54. The number of fused-ring (bicyclic) bond motifs is 2. The Morgan fingerprint density at radius 3 is 2.63 bits per heavy atom. The summed E-state index contributed by atoms with van der Waals surface area (Å²) < 4.78 is 11.9. The molecule has 1 fully saturated rings. The molecule has 0 bridgehead atoms. The number of allylic oxidation sites excluding steroid dienone is 1. The summed E-state index contributed by atoms with van der Waals surface area (Å²) >= 11 is 0. The van der Waals surface area contributed by atoms with Gasteiger partial charge in [-0.05, 0) is 60.6 Å². The van der Waals surface area contributed by atoms with E-state index in [9.17, 15) is 4.79 Å². The van der Waals surface area contributed by atoms with Gasteiger partial charge in [0, 0.05) is 34.2 Å². The van der Waals surface area contributed by atoms with E-state index in [2.05, 4.69) is 60.8 Å². The molecule has 0 radical (unpaired) electrons. The number of amides is 1. The van der Waals surface area contributed by atoms with Crippen LogP contribution in [-0.4, -0.2) is 19.1 Å². The van der Waals surface area contributed by atoms with Gasteiger partial charge in [0.05, 0.1) is 13.4 Å². The van der Waals surface area contributed by atoms with Crippen molar-refractivity contribution in [1.82, 2.24) is 5.32 Å². The third kappa shape index (κ3) is 4.34. The van der Waals surface area contributed by atoms with Crippen LogP contribution in [0.2, 0.25) is 0 Å². The lowest BCUT2D eigenvalue weighted by atomic mass is 9.86. The van der Waals surface area contributed by atoms with Crippen LogP contribution >= 0.6 is 0 Å². The van der Waals surface area contributed by atoms with E-state index in [0.29, 0.717) is 5.92 Å². The Balaban J connectivity index is 1.58. The fourth-order valence-electron chi connectivity index (χ4n) is 5.57. The Morgan fingerprint density at radius 2 is 1.83 bits per heavy atom. The zero-order chi connectivity index (χ0) is 24.5. The fraction of sp³-hybridized carbons (Fsp3) is 0.323. The number of hydrogen-bond acceptors (Lipinski definition) is 3. The number of furan rings is 1. The van der Waals surface area contributed by atoms with Gasteiger partial charge in [-0.25, -0.2) is 0 Å². The molecule has 180 valence electrons. The molecule has 2 atom stereocenters. The van der Waals surface area contributed by atoms with Gasteiger partial charge < -0.3 is 14.5 Å². The van der Waals surface area contributed by atoms with Crippen molar-refractivity contribution in [2.45, 2.75) is 52.5 Å². The maximum absolute atomic E-state index is 12.9. The van der Waals surface area contributed by atoms with Crippen LogP contribution in [0.1, 0.15) is 50.7 Å². The van der Waals surface area contributed by atoms with Gasteiger partial charge in [0.1, 0.15) is 11.3 Å². The molecular formula is C31H33NO3. The lowest BCUT2D eigenvalue weighted by molar-refractivity contribution is -0.117. The molecule has 4 nitrogen and oxygen atoms in total. The number of methoxy groups -OCH3 is 1. The molecule has 5 rings (SSSR count). The van der Waals surface area contributed by atoms with Crippen LogP contribution in [-0.2, 0) is 4.79 Å². The van der Waals surface area contributed by atoms with Crippen LogP contribution in [0.15, 0.2) is 65.3 Å². The summed E-state index contributed by atoms with van der Waals surface area (Å²) in [6.07, 6.45) is 8.20. The highest BCUT2D eigenvalue weighted by Crippen LogP contribution is 2.42. The molecule has 4 aromatic rings. The molecule has 1 heterocycles. The number of carbonyl (C=O) groups is 1. The van der Waals surface area contributed by atoms with Crippen molar-refractivity contribution in [3.8, 4) is 16.9 Å². The van der Waals surface area contributed by atoms with Gasteiger partial charge in [-0.1, -0.05) is 62.2 Å². The lowest BCUT2D eigenvalue weighted by Gasteiger charge is -2.29. The lowest BCUT2D eigenvalue weighted by Crippen LogP contribution is -2.40.